The Morgan fingerprint density at radius 1 is 1.41 bits per heavy atom. The molecule has 0 bridgehead atoms. The molecular weight excluding hydrogens is 238 g/mol. The average Bonchev–Trinajstić information content (AvgIpc) is 2.65. The van der Waals surface area contributed by atoms with Gasteiger partial charge in [0.2, 0.25) is 0 Å². The third kappa shape index (κ3) is 4.38. The van der Waals surface area contributed by atoms with Crippen LogP contribution in [0, 0.1) is 0 Å². The van der Waals surface area contributed by atoms with Gasteiger partial charge in [0, 0.05) is 25.5 Å². The van der Waals surface area contributed by atoms with Gasteiger partial charge in [-0.15, -0.1) is 0 Å². The molecule has 1 aromatic heterocycles. The van der Waals surface area contributed by atoms with Crippen LogP contribution in [0.2, 0.25) is 0 Å². The molecule has 0 saturated carbocycles. The highest BCUT2D eigenvalue weighted by Crippen LogP contribution is 2.13. The van der Waals surface area contributed by atoms with Gasteiger partial charge >= 0.3 is 0 Å². The van der Waals surface area contributed by atoms with E-state index >= 15 is 0 Å². The van der Waals surface area contributed by atoms with Crippen molar-refractivity contribution >= 4 is 15.5 Å². The molecule has 1 heterocycles. The number of rotatable bonds is 7. The smallest absolute Gasteiger partial charge is 0.150 e. The van der Waals surface area contributed by atoms with Gasteiger partial charge in [-0.05, 0) is 12.8 Å². The summed E-state index contributed by atoms with van der Waals surface area (Å²) in [4.78, 5) is 0. The Kier molecular flexibility index (Phi) is 4.99. The van der Waals surface area contributed by atoms with Crippen LogP contribution >= 0.6 is 0 Å². The van der Waals surface area contributed by atoms with Crippen molar-refractivity contribution in [3.63, 3.8) is 0 Å². The number of aromatic nitrogens is 2. The molecule has 98 valence electrons. The van der Waals surface area contributed by atoms with E-state index in [1.54, 1.807) is 11.6 Å². The molecule has 0 aliphatic rings. The number of nitrogens with one attached hydrogen (secondary N) is 1. The maximum atomic E-state index is 11.3. The van der Waals surface area contributed by atoms with Gasteiger partial charge in [0.1, 0.15) is 9.84 Å². The molecule has 0 aromatic carbocycles. The molecule has 1 aromatic rings. The summed E-state index contributed by atoms with van der Waals surface area (Å²) >= 11 is 0. The van der Waals surface area contributed by atoms with Gasteiger partial charge in [-0.2, -0.15) is 5.10 Å². The second kappa shape index (κ2) is 6.05. The van der Waals surface area contributed by atoms with Crippen LogP contribution in [0.15, 0.2) is 6.20 Å². The zero-order valence-corrected chi connectivity index (χ0v) is 11.5. The van der Waals surface area contributed by atoms with Crippen molar-refractivity contribution < 1.29 is 8.42 Å². The first-order chi connectivity index (χ1) is 7.98. The third-order valence-electron chi connectivity index (χ3n) is 2.63. The van der Waals surface area contributed by atoms with Gasteiger partial charge in [-0.25, -0.2) is 8.42 Å². The highest BCUT2D eigenvalue weighted by atomic mass is 32.2. The quantitative estimate of drug-likeness (QED) is 0.748. The molecule has 0 unspecified atom stereocenters. The number of anilines is 1. The lowest BCUT2D eigenvalue weighted by atomic mass is 10.3. The molecule has 0 fully saturated rings. The summed E-state index contributed by atoms with van der Waals surface area (Å²) in [5, 5.41) is 7.54. The Morgan fingerprint density at radius 3 is 2.71 bits per heavy atom. The largest absolute Gasteiger partial charge is 0.382 e. The Balaban J connectivity index is 2.41. The molecule has 0 radical (unpaired) electrons. The lowest BCUT2D eigenvalue weighted by Crippen LogP contribution is -2.13. The van der Waals surface area contributed by atoms with Gasteiger partial charge in [0.15, 0.2) is 0 Å². The molecule has 1 N–H and O–H groups in total. The first-order valence-electron chi connectivity index (χ1n) is 5.95. The second-order valence-corrected chi connectivity index (χ2v) is 6.51. The topological polar surface area (TPSA) is 64.0 Å². The predicted molar refractivity (Wildman–Crippen MR) is 70.0 cm³/mol. The van der Waals surface area contributed by atoms with Gasteiger partial charge in [0.05, 0.1) is 17.1 Å². The summed E-state index contributed by atoms with van der Waals surface area (Å²) < 4.78 is 24.4. The van der Waals surface area contributed by atoms with Gasteiger partial charge in [0.25, 0.3) is 0 Å². The Morgan fingerprint density at radius 2 is 2.12 bits per heavy atom. The summed E-state index contributed by atoms with van der Waals surface area (Å²) in [6, 6.07) is 0. The van der Waals surface area contributed by atoms with Gasteiger partial charge < -0.3 is 5.32 Å². The van der Waals surface area contributed by atoms with Crippen LogP contribution in [-0.2, 0) is 23.3 Å². The number of sulfone groups is 1. The zero-order valence-electron chi connectivity index (χ0n) is 10.7. The summed E-state index contributed by atoms with van der Waals surface area (Å²) in [5.74, 6) is 0.471. The van der Waals surface area contributed by atoms with Crippen LogP contribution in [0.4, 0.5) is 5.69 Å². The lowest BCUT2D eigenvalue weighted by molar-refractivity contribution is 0.595. The Hall–Kier alpha value is -1.04. The number of hydrogen-bond acceptors (Lipinski definition) is 4. The number of nitrogens with zero attached hydrogens (tertiary/aromatic N) is 2. The summed E-state index contributed by atoms with van der Waals surface area (Å²) in [7, 11) is -0.964. The summed E-state index contributed by atoms with van der Waals surface area (Å²) in [6.45, 7) is 4.39. The predicted octanol–water partition coefficient (Wildman–Crippen LogP) is 1.22. The zero-order chi connectivity index (χ0) is 12.9. The fraction of sp³-hybridized carbons (Fsp3) is 0.727. The van der Waals surface area contributed by atoms with Crippen molar-refractivity contribution in [2.24, 2.45) is 7.05 Å². The highest BCUT2D eigenvalue weighted by Gasteiger charge is 2.08. The number of aryl methyl sites for hydroxylation is 2. The molecule has 0 aliphatic heterocycles. The van der Waals surface area contributed by atoms with Crippen LogP contribution in [-0.4, -0.2) is 36.2 Å². The second-order valence-electron chi connectivity index (χ2n) is 4.03. The highest BCUT2D eigenvalue weighted by molar-refractivity contribution is 7.91. The normalized spacial score (nSPS) is 11.7. The fourth-order valence-corrected chi connectivity index (χ4v) is 2.48. The van der Waals surface area contributed by atoms with Crippen LogP contribution in [0.3, 0.4) is 0 Å². The van der Waals surface area contributed by atoms with E-state index in [-0.39, 0.29) is 11.5 Å². The molecular formula is C11H21N3O2S. The van der Waals surface area contributed by atoms with Crippen molar-refractivity contribution in [1.29, 1.82) is 0 Å². The van der Waals surface area contributed by atoms with E-state index in [4.69, 9.17) is 0 Å². The maximum absolute atomic E-state index is 11.3. The van der Waals surface area contributed by atoms with Crippen molar-refractivity contribution in [2.75, 3.05) is 23.4 Å². The maximum Gasteiger partial charge on any atom is 0.150 e. The van der Waals surface area contributed by atoms with Crippen molar-refractivity contribution in [1.82, 2.24) is 9.78 Å². The lowest BCUT2D eigenvalue weighted by Gasteiger charge is -2.05. The van der Waals surface area contributed by atoms with Crippen molar-refractivity contribution in [3.05, 3.63) is 11.9 Å². The molecule has 6 heteroatoms. The van der Waals surface area contributed by atoms with E-state index in [0.717, 1.165) is 17.8 Å². The fourth-order valence-electron chi connectivity index (χ4n) is 1.60. The molecule has 0 atom stereocenters. The van der Waals surface area contributed by atoms with Crippen LogP contribution in [0.1, 0.15) is 26.0 Å². The molecule has 17 heavy (non-hydrogen) atoms. The van der Waals surface area contributed by atoms with E-state index in [0.29, 0.717) is 13.0 Å². The van der Waals surface area contributed by atoms with Crippen LogP contribution in [0.25, 0.3) is 0 Å². The first-order valence-corrected chi connectivity index (χ1v) is 7.77. The Labute approximate surface area is 103 Å². The molecule has 0 amide bonds. The van der Waals surface area contributed by atoms with Crippen LogP contribution in [0.5, 0.6) is 0 Å². The first kappa shape index (κ1) is 14.0. The van der Waals surface area contributed by atoms with E-state index < -0.39 is 9.84 Å². The number of hydrogen-bond donors (Lipinski definition) is 1. The molecule has 1 rings (SSSR count). The monoisotopic (exact) mass is 259 g/mol. The molecule has 5 nitrogen and oxygen atoms in total. The summed E-state index contributed by atoms with van der Waals surface area (Å²) in [6.07, 6.45) is 3.43. The molecule has 0 saturated heterocycles. The summed E-state index contributed by atoms with van der Waals surface area (Å²) in [5.41, 5.74) is 2.02. The minimum atomic E-state index is -2.85. The SMILES string of the molecule is CCc1nn(C)cc1NCCCS(=O)(=O)CC. The Bertz CT molecular complexity index is 451. The van der Waals surface area contributed by atoms with Crippen LogP contribution < -0.4 is 5.32 Å². The van der Waals surface area contributed by atoms with Gasteiger partial charge in [-0.1, -0.05) is 13.8 Å². The third-order valence-corrected chi connectivity index (χ3v) is 4.42. The molecule has 0 spiro atoms. The van der Waals surface area contributed by atoms with E-state index in [2.05, 4.69) is 17.3 Å². The molecule has 0 aliphatic carbocycles. The van der Waals surface area contributed by atoms with Crippen molar-refractivity contribution in [2.45, 2.75) is 26.7 Å². The average molecular weight is 259 g/mol. The van der Waals surface area contributed by atoms with E-state index in [1.165, 1.54) is 0 Å². The van der Waals surface area contributed by atoms with Gasteiger partial charge in [-0.3, -0.25) is 4.68 Å². The van der Waals surface area contributed by atoms with E-state index in [1.807, 2.05) is 13.2 Å². The standard InChI is InChI=1S/C11H21N3O2S/c1-4-10-11(9-14(3)13-10)12-7-6-8-17(15,16)5-2/h9,12H,4-8H2,1-3H3. The minimum absolute atomic E-state index is 0.222. The van der Waals surface area contributed by atoms with Crippen molar-refractivity contribution in [3.8, 4) is 0 Å². The van der Waals surface area contributed by atoms with E-state index in [9.17, 15) is 8.42 Å². The minimum Gasteiger partial charge on any atom is -0.382 e.